The zero-order chi connectivity index (χ0) is 8.43. The van der Waals surface area contributed by atoms with Gasteiger partial charge >= 0.3 is 5.97 Å². The molecule has 2 atom stereocenters. The highest BCUT2D eigenvalue weighted by Crippen LogP contribution is 2.20. The van der Waals surface area contributed by atoms with E-state index in [2.05, 4.69) is 0 Å². The molecule has 1 aliphatic carbocycles. The van der Waals surface area contributed by atoms with E-state index in [1.165, 1.54) is 0 Å². The van der Waals surface area contributed by atoms with Gasteiger partial charge in [0.2, 0.25) is 0 Å². The van der Waals surface area contributed by atoms with Crippen molar-refractivity contribution in [3.8, 4) is 0 Å². The number of nitrogens with zero attached hydrogens (tertiary/aromatic N) is 1. The molecule has 0 aromatic heterocycles. The third kappa shape index (κ3) is 1.80. The van der Waals surface area contributed by atoms with Crippen molar-refractivity contribution in [3.63, 3.8) is 0 Å². The zero-order valence-corrected chi connectivity index (χ0v) is 6.82. The summed E-state index contributed by atoms with van der Waals surface area (Å²) in [5.74, 6) is -0.993. The molecule has 0 spiro atoms. The summed E-state index contributed by atoms with van der Waals surface area (Å²) < 4.78 is 0. The number of carboxylic acid groups (broad SMARTS) is 1. The number of likely N-dealkylation sites (N-methyl/N-ethyl adjacent to an activating group) is 1. The average molecular weight is 155 g/mol. The van der Waals surface area contributed by atoms with Gasteiger partial charge in [0.05, 0.1) is 5.92 Å². The second-order valence-electron chi connectivity index (χ2n) is 3.10. The van der Waals surface area contributed by atoms with Gasteiger partial charge in [0.25, 0.3) is 0 Å². The minimum Gasteiger partial charge on any atom is -0.481 e. The first-order valence-corrected chi connectivity index (χ1v) is 3.69. The van der Waals surface area contributed by atoms with E-state index in [0.717, 1.165) is 0 Å². The van der Waals surface area contributed by atoms with Gasteiger partial charge in [-0.15, -0.1) is 0 Å². The van der Waals surface area contributed by atoms with E-state index in [0.29, 0.717) is 12.5 Å². The molecule has 0 fully saturated rings. The molecule has 11 heavy (non-hydrogen) atoms. The highest BCUT2D eigenvalue weighted by molar-refractivity contribution is 5.72. The Morgan fingerprint density at radius 1 is 1.55 bits per heavy atom. The molecule has 1 rings (SSSR count). The van der Waals surface area contributed by atoms with Crippen LogP contribution in [0.5, 0.6) is 0 Å². The maximum Gasteiger partial charge on any atom is 0.310 e. The number of carboxylic acids is 1. The second-order valence-corrected chi connectivity index (χ2v) is 3.10. The molecule has 2 unspecified atom stereocenters. The summed E-state index contributed by atoms with van der Waals surface area (Å²) in [6.45, 7) is 0. The number of hydrogen-bond acceptors (Lipinski definition) is 2. The Morgan fingerprint density at radius 3 is 2.45 bits per heavy atom. The van der Waals surface area contributed by atoms with Crippen molar-refractivity contribution in [1.29, 1.82) is 0 Å². The van der Waals surface area contributed by atoms with Gasteiger partial charge in [-0.05, 0) is 20.5 Å². The summed E-state index contributed by atoms with van der Waals surface area (Å²) in [5.41, 5.74) is 0. The minimum atomic E-state index is -0.717. The van der Waals surface area contributed by atoms with E-state index >= 15 is 0 Å². The van der Waals surface area contributed by atoms with Crippen LogP contribution < -0.4 is 0 Å². The lowest BCUT2D eigenvalue weighted by Gasteiger charge is -2.17. The van der Waals surface area contributed by atoms with Crippen LogP contribution in [0.25, 0.3) is 0 Å². The third-order valence-electron chi connectivity index (χ3n) is 2.04. The van der Waals surface area contributed by atoms with Crippen molar-refractivity contribution >= 4 is 5.97 Å². The maximum absolute atomic E-state index is 10.5. The van der Waals surface area contributed by atoms with Crippen molar-refractivity contribution in [3.05, 3.63) is 12.2 Å². The second kappa shape index (κ2) is 3.05. The fraction of sp³-hybridized carbons (Fsp3) is 0.625. The van der Waals surface area contributed by atoms with Crippen LogP contribution in [-0.2, 0) is 4.79 Å². The van der Waals surface area contributed by atoms with Crippen molar-refractivity contribution < 1.29 is 9.90 Å². The highest BCUT2D eigenvalue weighted by atomic mass is 16.4. The smallest absolute Gasteiger partial charge is 0.310 e. The molecule has 0 aromatic rings. The van der Waals surface area contributed by atoms with E-state index in [4.69, 9.17) is 5.11 Å². The van der Waals surface area contributed by atoms with Gasteiger partial charge in [-0.25, -0.2) is 0 Å². The SMILES string of the molecule is CN(C)C1C=CC(C(=O)O)C1. The van der Waals surface area contributed by atoms with Crippen LogP contribution in [0.2, 0.25) is 0 Å². The van der Waals surface area contributed by atoms with Crippen LogP contribution >= 0.6 is 0 Å². The molecule has 1 aliphatic rings. The predicted molar refractivity (Wildman–Crippen MR) is 42.4 cm³/mol. The first-order chi connectivity index (χ1) is 5.11. The molecular formula is C8H13NO2. The zero-order valence-electron chi connectivity index (χ0n) is 6.82. The summed E-state index contributed by atoms with van der Waals surface area (Å²) in [6.07, 6.45) is 4.44. The van der Waals surface area contributed by atoms with E-state index in [1.54, 1.807) is 6.08 Å². The largest absolute Gasteiger partial charge is 0.481 e. The molecule has 62 valence electrons. The van der Waals surface area contributed by atoms with Gasteiger partial charge in [0.1, 0.15) is 0 Å². The Labute approximate surface area is 66.3 Å². The number of aliphatic carboxylic acids is 1. The molecular weight excluding hydrogens is 142 g/mol. The van der Waals surface area contributed by atoms with E-state index in [1.807, 2.05) is 25.1 Å². The van der Waals surface area contributed by atoms with Crippen molar-refractivity contribution in [1.82, 2.24) is 4.90 Å². The molecule has 0 aromatic carbocycles. The van der Waals surface area contributed by atoms with Gasteiger partial charge in [-0.1, -0.05) is 12.2 Å². The Bertz CT molecular complexity index is 187. The fourth-order valence-electron chi connectivity index (χ4n) is 1.25. The summed E-state index contributed by atoms with van der Waals surface area (Å²) in [4.78, 5) is 12.5. The lowest BCUT2D eigenvalue weighted by atomic mass is 10.1. The predicted octanol–water partition coefficient (Wildman–Crippen LogP) is 0.577. The summed E-state index contributed by atoms with van der Waals surface area (Å²) in [5, 5.41) is 8.64. The molecule has 0 aliphatic heterocycles. The first kappa shape index (κ1) is 8.27. The van der Waals surface area contributed by atoms with E-state index in [-0.39, 0.29) is 5.92 Å². The average Bonchev–Trinajstić information content (AvgIpc) is 2.33. The van der Waals surface area contributed by atoms with Crippen LogP contribution in [0.1, 0.15) is 6.42 Å². The molecule has 0 heterocycles. The summed E-state index contributed by atoms with van der Waals surface area (Å²) in [6, 6.07) is 0.302. The Hall–Kier alpha value is -0.830. The first-order valence-electron chi connectivity index (χ1n) is 3.69. The molecule has 0 saturated heterocycles. The van der Waals surface area contributed by atoms with Crippen LogP contribution in [0.3, 0.4) is 0 Å². The molecule has 0 bridgehead atoms. The van der Waals surface area contributed by atoms with Crippen molar-refractivity contribution in [2.45, 2.75) is 12.5 Å². The summed E-state index contributed by atoms with van der Waals surface area (Å²) in [7, 11) is 3.92. The monoisotopic (exact) mass is 155 g/mol. The summed E-state index contributed by atoms with van der Waals surface area (Å²) >= 11 is 0. The minimum absolute atomic E-state index is 0.276. The van der Waals surface area contributed by atoms with Crippen LogP contribution in [0.15, 0.2) is 12.2 Å². The molecule has 0 saturated carbocycles. The number of rotatable bonds is 2. The van der Waals surface area contributed by atoms with Crippen LogP contribution in [0, 0.1) is 5.92 Å². The quantitative estimate of drug-likeness (QED) is 0.593. The van der Waals surface area contributed by atoms with Gasteiger partial charge in [0.15, 0.2) is 0 Å². The molecule has 3 nitrogen and oxygen atoms in total. The topological polar surface area (TPSA) is 40.5 Å². The Kier molecular flexibility index (Phi) is 2.29. The standard InChI is InChI=1S/C8H13NO2/c1-9(2)7-4-3-6(5-7)8(10)11/h3-4,6-7H,5H2,1-2H3,(H,10,11). The fourth-order valence-corrected chi connectivity index (χ4v) is 1.25. The highest BCUT2D eigenvalue weighted by Gasteiger charge is 2.24. The Balaban J connectivity index is 2.49. The molecule has 1 N–H and O–H groups in total. The maximum atomic E-state index is 10.5. The normalized spacial score (nSPS) is 29.7. The van der Waals surface area contributed by atoms with Crippen molar-refractivity contribution in [2.24, 2.45) is 5.92 Å². The molecule has 3 heteroatoms. The van der Waals surface area contributed by atoms with E-state index < -0.39 is 5.97 Å². The van der Waals surface area contributed by atoms with Crippen LogP contribution in [0.4, 0.5) is 0 Å². The van der Waals surface area contributed by atoms with Crippen molar-refractivity contribution in [2.75, 3.05) is 14.1 Å². The lowest BCUT2D eigenvalue weighted by Crippen LogP contribution is -2.25. The number of carbonyl (C=O) groups is 1. The van der Waals surface area contributed by atoms with Crippen LogP contribution in [-0.4, -0.2) is 36.1 Å². The molecule has 0 amide bonds. The Morgan fingerprint density at radius 2 is 2.18 bits per heavy atom. The van der Waals surface area contributed by atoms with Gasteiger partial charge in [-0.3, -0.25) is 4.79 Å². The van der Waals surface area contributed by atoms with E-state index in [9.17, 15) is 4.79 Å². The third-order valence-corrected chi connectivity index (χ3v) is 2.04. The van der Waals surface area contributed by atoms with Gasteiger partial charge in [0, 0.05) is 6.04 Å². The van der Waals surface area contributed by atoms with Gasteiger partial charge in [-0.2, -0.15) is 0 Å². The lowest BCUT2D eigenvalue weighted by molar-refractivity contribution is -0.140. The number of hydrogen-bond donors (Lipinski definition) is 1. The molecule has 0 radical (unpaired) electrons. The van der Waals surface area contributed by atoms with Gasteiger partial charge < -0.3 is 10.0 Å².